The second kappa shape index (κ2) is 6.41. The molecule has 0 saturated heterocycles. The highest BCUT2D eigenvalue weighted by atomic mass is 35.5. The third-order valence-corrected chi connectivity index (χ3v) is 3.45. The van der Waals surface area contributed by atoms with Gasteiger partial charge in [0.25, 0.3) is 5.69 Å². The van der Waals surface area contributed by atoms with Crippen LogP contribution in [0.1, 0.15) is 5.56 Å². The zero-order valence-corrected chi connectivity index (χ0v) is 11.4. The number of hydrogen-bond acceptors (Lipinski definition) is 3. The molecule has 0 aliphatic heterocycles. The first-order valence-electron chi connectivity index (χ1n) is 5.48. The summed E-state index contributed by atoms with van der Waals surface area (Å²) in [5.74, 6) is 0. The summed E-state index contributed by atoms with van der Waals surface area (Å²) in [5.41, 5.74) is 1.02. The van der Waals surface area contributed by atoms with E-state index in [4.69, 9.17) is 11.6 Å². The number of rotatable bonds is 4. The highest BCUT2D eigenvalue weighted by Crippen LogP contribution is 2.22. The van der Waals surface area contributed by atoms with Crippen LogP contribution < -0.4 is 0 Å². The van der Waals surface area contributed by atoms with Crippen LogP contribution in [-0.4, -0.2) is 4.92 Å². The van der Waals surface area contributed by atoms with Gasteiger partial charge in [-0.05, 0) is 53.4 Å². The van der Waals surface area contributed by atoms with Gasteiger partial charge in [0, 0.05) is 22.1 Å². The van der Waals surface area contributed by atoms with Crippen LogP contribution in [0.5, 0.6) is 0 Å². The average Bonchev–Trinajstić information content (AvgIpc) is 2.41. The minimum Gasteiger partial charge on any atom is -0.258 e. The van der Waals surface area contributed by atoms with Gasteiger partial charge in [-0.15, -0.1) is 0 Å². The quantitative estimate of drug-likeness (QED) is 0.452. The van der Waals surface area contributed by atoms with Crippen molar-refractivity contribution in [3.8, 4) is 0 Å². The summed E-state index contributed by atoms with van der Waals surface area (Å²) < 4.78 is 0. The minimum absolute atomic E-state index is 0.0995. The molecule has 0 bridgehead atoms. The lowest BCUT2D eigenvalue weighted by molar-refractivity contribution is -0.384. The molecular weight excluding hydrogens is 282 g/mol. The Kier molecular flexibility index (Phi) is 4.60. The highest BCUT2D eigenvalue weighted by Gasteiger charge is 2.01. The molecule has 0 spiro atoms. The van der Waals surface area contributed by atoms with E-state index in [1.165, 1.54) is 12.1 Å². The average molecular weight is 292 g/mol. The van der Waals surface area contributed by atoms with Gasteiger partial charge >= 0.3 is 0 Å². The zero-order chi connectivity index (χ0) is 13.7. The van der Waals surface area contributed by atoms with E-state index in [0.29, 0.717) is 5.02 Å². The van der Waals surface area contributed by atoms with Crippen molar-refractivity contribution in [2.24, 2.45) is 0 Å². The van der Waals surface area contributed by atoms with Crippen LogP contribution in [0, 0.1) is 10.1 Å². The van der Waals surface area contributed by atoms with Crippen LogP contribution in [0.3, 0.4) is 0 Å². The smallest absolute Gasteiger partial charge is 0.258 e. The molecule has 0 atom stereocenters. The summed E-state index contributed by atoms with van der Waals surface area (Å²) in [6.45, 7) is 0. The van der Waals surface area contributed by atoms with Crippen molar-refractivity contribution in [3.05, 3.63) is 74.6 Å². The second-order valence-corrected chi connectivity index (χ2v) is 5.14. The molecule has 0 heterocycles. The highest BCUT2D eigenvalue weighted by molar-refractivity contribution is 8.02. The Balaban J connectivity index is 1.98. The Bertz CT molecular complexity index is 594. The Labute approximate surface area is 120 Å². The molecule has 0 aliphatic carbocycles. The molecule has 2 rings (SSSR count). The molecular formula is C14H10ClNO2S. The Morgan fingerprint density at radius 2 is 1.68 bits per heavy atom. The predicted molar refractivity (Wildman–Crippen MR) is 79.4 cm³/mol. The van der Waals surface area contributed by atoms with Crippen molar-refractivity contribution in [2.45, 2.75) is 4.90 Å². The molecule has 2 aromatic carbocycles. The van der Waals surface area contributed by atoms with E-state index in [1.807, 2.05) is 35.7 Å². The summed E-state index contributed by atoms with van der Waals surface area (Å²) in [5, 5.41) is 13.2. The molecule has 0 saturated carbocycles. The number of hydrogen-bond donors (Lipinski definition) is 0. The standard InChI is InChI=1S/C14H10ClNO2S/c15-12-3-7-14(8-4-12)19-10-9-11-1-5-13(6-2-11)16(17)18/h1-10H/b10-9+. The Morgan fingerprint density at radius 1 is 1.05 bits per heavy atom. The Morgan fingerprint density at radius 3 is 2.26 bits per heavy atom. The number of halogens is 1. The fourth-order valence-electron chi connectivity index (χ4n) is 1.41. The molecule has 0 N–H and O–H groups in total. The number of nitro groups is 1. The van der Waals surface area contributed by atoms with E-state index in [-0.39, 0.29) is 5.69 Å². The van der Waals surface area contributed by atoms with Gasteiger partial charge in [-0.1, -0.05) is 23.4 Å². The first kappa shape index (κ1) is 13.6. The maximum atomic E-state index is 10.5. The SMILES string of the molecule is O=[N+]([O-])c1ccc(/C=C/Sc2ccc(Cl)cc2)cc1. The lowest BCUT2D eigenvalue weighted by Crippen LogP contribution is -1.86. The summed E-state index contributed by atoms with van der Waals surface area (Å²) >= 11 is 7.36. The van der Waals surface area contributed by atoms with Crippen molar-refractivity contribution >= 4 is 35.1 Å². The summed E-state index contributed by atoms with van der Waals surface area (Å²) in [4.78, 5) is 11.2. The van der Waals surface area contributed by atoms with Crippen molar-refractivity contribution in [1.82, 2.24) is 0 Å². The normalized spacial score (nSPS) is 10.8. The van der Waals surface area contributed by atoms with Gasteiger partial charge in [0.15, 0.2) is 0 Å². The maximum Gasteiger partial charge on any atom is 0.269 e. The Hall–Kier alpha value is -1.78. The van der Waals surface area contributed by atoms with Crippen LogP contribution in [0.15, 0.2) is 58.8 Å². The molecule has 5 heteroatoms. The first-order chi connectivity index (χ1) is 9.15. The van der Waals surface area contributed by atoms with E-state index in [9.17, 15) is 10.1 Å². The van der Waals surface area contributed by atoms with E-state index in [2.05, 4.69) is 0 Å². The van der Waals surface area contributed by atoms with Crippen LogP contribution in [0.4, 0.5) is 5.69 Å². The molecule has 0 fully saturated rings. The van der Waals surface area contributed by atoms with E-state index in [1.54, 1.807) is 23.9 Å². The van der Waals surface area contributed by atoms with Gasteiger partial charge in [0.1, 0.15) is 0 Å². The number of nitrogens with zero attached hydrogens (tertiary/aromatic N) is 1. The zero-order valence-electron chi connectivity index (χ0n) is 9.82. The molecule has 96 valence electrons. The largest absolute Gasteiger partial charge is 0.269 e. The molecule has 19 heavy (non-hydrogen) atoms. The molecule has 0 aliphatic rings. The topological polar surface area (TPSA) is 43.1 Å². The van der Waals surface area contributed by atoms with E-state index >= 15 is 0 Å². The van der Waals surface area contributed by atoms with Gasteiger partial charge in [0.05, 0.1) is 4.92 Å². The molecule has 0 unspecified atom stereocenters. The predicted octanol–water partition coefficient (Wildman–Crippen LogP) is 5.01. The third-order valence-electron chi connectivity index (χ3n) is 2.38. The molecule has 2 aromatic rings. The lowest BCUT2D eigenvalue weighted by Gasteiger charge is -1.96. The van der Waals surface area contributed by atoms with Crippen LogP contribution in [0.25, 0.3) is 6.08 Å². The molecule has 0 aromatic heterocycles. The van der Waals surface area contributed by atoms with Crippen molar-refractivity contribution in [1.29, 1.82) is 0 Å². The van der Waals surface area contributed by atoms with Crippen LogP contribution in [-0.2, 0) is 0 Å². The van der Waals surface area contributed by atoms with E-state index in [0.717, 1.165) is 10.5 Å². The van der Waals surface area contributed by atoms with Crippen molar-refractivity contribution in [3.63, 3.8) is 0 Å². The van der Waals surface area contributed by atoms with Gasteiger partial charge in [-0.2, -0.15) is 0 Å². The van der Waals surface area contributed by atoms with Gasteiger partial charge in [-0.25, -0.2) is 0 Å². The van der Waals surface area contributed by atoms with E-state index < -0.39 is 4.92 Å². The maximum absolute atomic E-state index is 10.5. The van der Waals surface area contributed by atoms with Crippen LogP contribution in [0.2, 0.25) is 5.02 Å². The summed E-state index contributed by atoms with van der Waals surface area (Å²) in [7, 11) is 0. The second-order valence-electron chi connectivity index (χ2n) is 3.72. The monoisotopic (exact) mass is 291 g/mol. The first-order valence-corrected chi connectivity index (χ1v) is 6.74. The lowest BCUT2D eigenvalue weighted by atomic mass is 10.2. The number of nitro benzene ring substituents is 1. The fourth-order valence-corrected chi connectivity index (χ4v) is 2.21. The molecule has 0 radical (unpaired) electrons. The van der Waals surface area contributed by atoms with Gasteiger partial charge < -0.3 is 0 Å². The summed E-state index contributed by atoms with van der Waals surface area (Å²) in [6, 6.07) is 14.0. The van der Waals surface area contributed by atoms with Crippen LogP contribution >= 0.6 is 23.4 Å². The number of benzene rings is 2. The van der Waals surface area contributed by atoms with Gasteiger partial charge in [0.2, 0.25) is 0 Å². The third kappa shape index (κ3) is 4.12. The molecule has 3 nitrogen and oxygen atoms in total. The van der Waals surface area contributed by atoms with Crippen molar-refractivity contribution in [2.75, 3.05) is 0 Å². The molecule has 0 amide bonds. The fraction of sp³-hybridized carbons (Fsp3) is 0. The number of non-ortho nitro benzene ring substituents is 1. The summed E-state index contributed by atoms with van der Waals surface area (Å²) in [6.07, 6.45) is 1.91. The van der Waals surface area contributed by atoms with Gasteiger partial charge in [-0.3, -0.25) is 10.1 Å². The number of thioether (sulfide) groups is 1. The van der Waals surface area contributed by atoms with Crippen molar-refractivity contribution < 1.29 is 4.92 Å². The minimum atomic E-state index is -0.407.